The molecule has 0 saturated carbocycles. The number of anilines is 1. The van der Waals surface area contributed by atoms with Crippen LogP contribution in [0.4, 0.5) is 5.69 Å². The van der Waals surface area contributed by atoms with Gasteiger partial charge in [0.25, 0.3) is 0 Å². The fourth-order valence-corrected chi connectivity index (χ4v) is 4.65. The minimum Gasteiger partial charge on any atom is -0.384 e. The average molecular weight is 380 g/mol. The van der Waals surface area contributed by atoms with E-state index in [4.69, 9.17) is 5.11 Å². The topological polar surface area (TPSA) is 30.0 Å². The van der Waals surface area contributed by atoms with E-state index in [1.54, 1.807) is 0 Å². The van der Waals surface area contributed by atoms with E-state index < -0.39 is 0 Å². The monoisotopic (exact) mass is 379 g/mol. The number of piperazine rings is 1. The fourth-order valence-electron chi connectivity index (χ4n) is 3.84. The molecule has 140 valence electrons. The van der Waals surface area contributed by atoms with Crippen molar-refractivity contribution < 1.29 is 5.11 Å². The smallest absolute Gasteiger partial charge is 0.114 e. The lowest BCUT2D eigenvalue weighted by Gasteiger charge is -2.44. The second kappa shape index (κ2) is 8.28. The Morgan fingerprint density at radius 3 is 2.59 bits per heavy atom. The van der Waals surface area contributed by atoms with Gasteiger partial charge in [-0.1, -0.05) is 18.8 Å². The lowest BCUT2D eigenvalue weighted by atomic mass is 10.1. The van der Waals surface area contributed by atoms with Gasteiger partial charge in [-0.15, -0.1) is 11.3 Å². The molecule has 27 heavy (non-hydrogen) atoms. The Kier molecular flexibility index (Phi) is 5.61. The van der Waals surface area contributed by atoms with Gasteiger partial charge in [-0.2, -0.15) is 0 Å². The van der Waals surface area contributed by atoms with Crippen LogP contribution in [0.3, 0.4) is 0 Å². The Bertz CT molecular complexity index is 854. The molecular weight excluding hydrogens is 354 g/mol. The van der Waals surface area contributed by atoms with Gasteiger partial charge in [-0.3, -0.25) is 4.90 Å². The van der Waals surface area contributed by atoms with Crippen molar-refractivity contribution >= 4 is 23.1 Å². The number of hydrogen-bond donors (Lipinski definition) is 1. The molecule has 4 rings (SSSR count). The Hall–Kier alpha value is -2.10. The van der Waals surface area contributed by atoms with Crippen LogP contribution in [-0.2, 0) is 0 Å². The van der Waals surface area contributed by atoms with Crippen molar-refractivity contribution in [2.45, 2.75) is 13.1 Å². The second-order valence-electron chi connectivity index (χ2n) is 6.81. The highest BCUT2D eigenvalue weighted by Gasteiger charge is 2.32. The van der Waals surface area contributed by atoms with Crippen LogP contribution < -0.4 is 4.90 Å². The highest BCUT2D eigenvalue weighted by atomic mass is 32.1. The van der Waals surface area contributed by atoms with Gasteiger partial charge in [0.2, 0.25) is 0 Å². The molecule has 0 spiro atoms. The normalized spacial score (nSPS) is 20.2. The highest BCUT2D eigenvalue weighted by Crippen LogP contribution is 2.39. The Balaban J connectivity index is 1.62. The first-order valence-corrected chi connectivity index (χ1v) is 10.4. The zero-order valence-corrected chi connectivity index (χ0v) is 16.5. The molecule has 4 nitrogen and oxygen atoms in total. The zero-order valence-electron chi connectivity index (χ0n) is 15.6. The summed E-state index contributed by atoms with van der Waals surface area (Å²) in [6.07, 6.45) is 4.67. The quantitative estimate of drug-likeness (QED) is 0.830. The molecule has 3 heterocycles. The molecule has 1 unspecified atom stereocenters. The molecule has 5 heteroatoms. The van der Waals surface area contributed by atoms with Gasteiger partial charge in [0.15, 0.2) is 0 Å². The highest BCUT2D eigenvalue weighted by molar-refractivity contribution is 7.11. The number of thiophene rings is 1. The van der Waals surface area contributed by atoms with Crippen molar-refractivity contribution in [1.82, 2.24) is 9.80 Å². The van der Waals surface area contributed by atoms with Crippen LogP contribution in [0.25, 0.3) is 6.08 Å². The summed E-state index contributed by atoms with van der Waals surface area (Å²) in [5, 5.41) is 11.1. The molecule has 1 atom stereocenters. The van der Waals surface area contributed by atoms with E-state index in [1.807, 2.05) is 23.5 Å². The molecule has 1 N–H and O–H groups in total. The summed E-state index contributed by atoms with van der Waals surface area (Å²) in [6.45, 7) is 7.67. The number of aliphatic hydroxyl groups excluding tert-OH is 1. The molecule has 0 amide bonds. The number of fused-ring (bicyclic) bond motifs is 1. The molecule has 0 aliphatic carbocycles. The molecule has 1 saturated heterocycles. The summed E-state index contributed by atoms with van der Waals surface area (Å²) in [6, 6.07) is 10.6. The minimum atomic E-state index is -0.108. The van der Waals surface area contributed by atoms with Gasteiger partial charge in [0, 0.05) is 54.1 Å². The predicted molar refractivity (Wildman–Crippen MR) is 113 cm³/mol. The summed E-state index contributed by atoms with van der Waals surface area (Å²) < 4.78 is 0. The number of benzene rings is 1. The van der Waals surface area contributed by atoms with E-state index in [2.05, 4.69) is 69.3 Å². The van der Waals surface area contributed by atoms with Crippen LogP contribution in [0.5, 0.6) is 0 Å². The molecule has 2 aliphatic heterocycles. The second-order valence-corrected chi connectivity index (χ2v) is 7.76. The summed E-state index contributed by atoms with van der Waals surface area (Å²) in [7, 11) is 0. The van der Waals surface area contributed by atoms with E-state index >= 15 is 0 Å². The SMILES string of the molecule is CCN1CCN(C2c3ccsc3C=CN2c2ccc(C#CCO)cc2)CC1. The third-order valence-electron chi connectivity index (χ3n) is 5.33. The molecule has 2 aliphatic rings. The standard InChI is InChI=1S/C22H25N3OS/c1-2-23-12-14-24(15-13-23)22-20-10-17-27-21(20)9-11-25(22)19-7-5-18(6-8-19)4-3-16-26/h5-11,17,22,26H,2,12-16H2,1H3. The third kappa shape index (κ3) is 3.80. The summed E-state index contributed by atoms with van der Waals surface area (Å²) in [4.78, 5) is 8.85. The minimum absolute atomic E-state index is 0.108. The summed E-state index contributed by atoms with van der Waals surface area (Å²) in [5.74, 6) is 5.68. The van der Waals surface area contributed by atoms with E-state index in [9.17, 15) is 0 Å². The van der Waals surface area contributed by atoms with Crippen LogP contribution in [-0.4, -0.2) is 54.2 Å². The first kappa shape index (κ1) is 18.3. The zero-order chi connectivity index (χ0) is 18.6. The lowest BCUT2D eigenvalue weighted by Crippen LogP contribution is -2.51. The van der Waals surface area contributed by atoms with Gasteiger partial charge in [0.05, 0.1) is 0 Å². The van der Waals surface area contributed by atoms with Crippen LogP contribution in [0.15, 0.2) is 41.9 Å². The van der Waals surface area contributed by atoms with Crippen molar-refractivity contribution in [3.63, 3.8) is 0 Å². The number of likely N-dealkylation sites (N-methyl/N-ethyl adjacent to an activating group) is 1. The van der Waals surface area contributed by atoms with Crippen LogP contribution in [0.2, 0.25) is 0 Å². The van der Waals surface area contributed by atoms with Gasteiger partial charge in [-0.25, -0.2) is 0 Å². The van der Waals surface area contributed by atoms with Crippen molar-refractivity contribution in [3.8, 4) is 11.8 Å². The van der Waals surface area contributed by atoms with Gasteiger partial charge in [0.1, 0.15) is 12.8 Å². The molecule has 0 radical (unpaired) electrons. The van der Waals surface area contributed by atoms with E-state index in [1.165, 1.54) is 16.1 Å². The van der Waals surface area contributed by atoms with Crippen LogP contribution >= 0.6 is 11.3 Å². The Morgan fingerprint density at radius 1 is 1.11 bits per heavy atom. The first-order chi connectivity index (χ1) is 13.3. The lowest BCUT2D eigenvalue weighted by molar-refractivity contribution is 0.100. The van der Waals surface area contributed by atoms with Crippen LogP contribution in [0, 0.1) is 11.8 Å². The molecular formula is C22H25N3OS. The molecule has 0 bridgehead atoms. The van der Waals surface area contributed by atoms with Gasteiger partial charge in [-0.05, 0) is 48.3 Å². The number of aliphatic hydroxyl groups is 1. The van der Waals surface area contributed by atoms with E-state index in [0.717, 1.165) is 38.3 Å². The Labute approximate surface area is 165 Å². The van der Waals surface area contributed by atoms with E-state index in [-0.39, 0.29) is 12.8 Å². The maximum Gasteiger partial charge on any atom is 0.114 e. The number of rotatable bonds is 3. The van der Waals surface area contributed by atoms with Gasteiger partial charge >= 0.3 is 0 Å². The first-order valence-electron chi connectivity index (χ1n) is 9.50. The fraction of sp³-hybridized carbons (Fsp3) is 0.364. The maximum absolute atomic E-state index is 8.88. The predicted octanol–water partition coefficient (Wildman–Crippen LogP) is 3.22. The van der Waals surface area contributed by atoms with Crippen molar-refractivity contribution in [3.05, 3.63) is 57.9 Å². The average Bonchev–Trinajstić information content (AvgIpc) is 3.21. The van der Waals surface area contributed by atoms with Crippen molar-refractivity contribution in [2.75, 3.05) is 44.2 Å². The summed E-state index contributed by atoms with van der Waals surface area (Å²) >= 11 is 1.81. The molecule has 1 fully saturated rings. The summed E-state index contributed by atoms with van der Waals surface area (Å²) in [5.41, 5.74) is 3.50. The van der Waals surface area contributed by atoms with Crippen molar-refractivity contribution in [1.29, 1.82) is 0 Å². The number of hydrogen-bond acceptors (Lipinski definition) is 5. The van der Waals surface area contributed by atoms with Crippen LogP contribution in [0.1, 0.15) is 29.1 Å². The van der Waals surface area contributed by atoms with Crippen molar-refractivity contribution in [2.24, 2.45) is 0 Å². The number of nitrogens with zero attached hydrogens (tertiary/aromatic N) is 3. The largest absolute Gasteiger partial charge is 0.384 e. The Morgan fingerprint density at radius 2 is 1.89 bits per heavy atom. The van der Waals surface area contributed by atoms with Gasteiger partial charge < -0.3 is 14.9 Å². The molecule has 1 aromatic carbocycles. The third-order valence-corrected chi connectivity index (χ3v) is 6.23. The molecule has 2 aromatic rings. The van der Waals surface area contributed by atoms with E-state index in [0.29, 0.717) is 0 Å². The maximum atomic E-state index is 8.88. The molecule has 1 aromatic heterocycles.